The fraction of sp³-hybridized carbons (Fsp3) is 0.429. The summed E-state index contributed by atoms with van der Waals surface area (Å²) in [7, 11) is 0. The van der Waals surface area contributed by atoms with E-state index in [2.05, 4.69) is 17.9 Å². The van der Waals surface area contributed by atoms with Crippen LogP contribution in [-0.4, -0.2) is 0 Å². The van der Waals surface area contributed by atoms with Gasteiger partial charge in [-0.2, -0.15) is 0 Å². The molecule has 3 rings (SSSR count). The highest BCUT2D eigenvalue weighted by molar-refractivity contribution is 5.35. The minimum Gasteiger partial charge on any atom is -0.0982 e. The van der Waals surface area contributed by atoms with Gasteiger partial charge in [-0.1, -0.05) is 23.5 Å². The lowest BCUT2D eigenvalue weighted by Crippen LogP contribution is -2.10. The predicted octanol–water partition coefficient (Wildman–Crippen LogP) is 1.34. The number of hydrogen-bond acceptors (Lipinski definition) is 0. The SMILES string of the molecule is C1#CC2C=C(C1)C2. The van der Waals surface area contributed by atoms with E-state index in [1.807, 2.05) is 0 Å². The molecule has 0 aromatic heterocycles. The van der Waals surface area contributed by atoms with Crippen molar-refractivity contribution < 1.29 is 0 Å². The lowest BCUT2D eigenvalue weighted by Gasteiger charge is -2.22. The molecule has 0 aromatic rings. The van der Waals surface area contributed by atoms with Gasteiger partial charge in [0.2, 0.25) is 0 Å². The van der Waals surface area contributed by atoms with Crippen LogP contribution in [0.15, 0.2) is 11.6 Å². The monoisotopic (exact) mass is 90.0 g/mol. The maximum Gasteiger partial charge on any atom is 0.0423 e. The van der Waals surface area contributed by atoms with Gasteiger partial charge in [0.15, 0.2) is 0 Å². The zero-order chi connectivity index (χ0) is 4.69. The Labute approximate surface area is 43.2 Å². The molecule has 3 aliphatic rings. The van der Waals surface area contributed by atoms with Gasteiger partial charge in [-0.15, -0.1) is 0 Å². The summed E-state index contributed by atoms with van der Waals surface area (Å²) in [5.74, 6) is 6.84. The molecule has 0 nitrogen and oxygen atoms in total. The van der Waals surface area contributed by atoms with Gasteiger partial charge in [-0.3, -0.25) is 0 Å². The van der Waals surface area contributed by atoms with E-state index in [-0.39, 0.29) is 0 Å². The Morgan fingerprint density at radius 2 is 2.57 bits per heavy atom. The molecule has 0 heterocycles. The van der Waals surface area contributed by atoms with Crippen molar-refractivity contribution in [2.45, 2.75) is 12.8 Å². The predicted molar refractivity (Wildman–Crippen MR) is 28.6 cm³/mol. The fourth-order valence-corrected chi connectivity index (χ4v) is 1.05. The topological polar surface area (TPSA) is 0 Å². The normalized spacial score (nSPS) is 32.0. The third kappa shape index (κ3) is 0.326. The summed E-state index contributed by atoms with van der Waals surface area (Å²) in [4.78, 5) is 0. The first-order valence-electron chi connectivity index (χ1n) is 2.63. The third-order valence-corrected chi connectivity index (χ3v) is 1.52. The second-order valence-electron chi connectivity index (χ2n) is 2.13. The van der Waals surface area contributed by atoms with Gasteiger partial charge < -0.3 is 0 Å². The lowest BCUT2D eigenvalue weighted by molar-refractivity contribution is 0.696. The van der Waals surface area contributed by atoms with Crippen LogP contribution in [0.4, 0.5) is 0 Å². The van der Waals surface area contributed by atoms with Crippen molar-refractivity contribution >= 4 is 0 Å². The standard InChI is InChI=1S/C7H6/c1-2-6-4-7(3-1)5-6/h4,7H,2,5H2. The Morgan fingerprint density at radius 3 is 2.71 bits per heavy atom. The zero-order valence-electron chi connectivity index (χ0n) is 4.07. The van der Waals surface area contributed by atoms with E-state index in [1.165, 1.54) is 6.42 Å². The Morgan fingerprint density at radius 1 is 1.71 bits per heavy atom. The molecule has 0 amide bonds. The molecule has 2 bridgehead atoms. The summed E-state index contributed by atoms with van der Waals surface area (Å²) in [5, 5.41) is 0. The molecule has 0 spiro atoms. The highest BCUT2D eigenvalue weighted by Gasteiger charge is 2.18. The van der Waals surface area contributed by atoms with Gasteiger partial charge >= 0.3 is 0 Å². The Balaban J connectivity index is 2.41. The van der Waals surface area contributed by atoms with E-state index < -0.39 is 0 Å². The lowest BCUT2D eigenvalue weighted by atomic mass is 9.82. The highest BCUT2D eigenvalue weighted by Crippen LogP contribution is 2.30. The van der Waals surface area contributed by atoms with Gasteiger partial charge in [0.25, 0.3) is 0 Å². The van der Waals surface area contributed by atoms with Crippen molar-refractivity contribution in [3.8, 4) is 11.8 Å². The first kappa shape index (κ1) is 3.32. The van der Waals surface area contributed by atoms with Gasteiger partial charge in [-0.25, -0.2) is 0 Å². The van der Waals surface area contributed by atoms with Crippen molar-refractivity contribution in [1.82, 2.24) is 0 Å². The molecule has 0 heteroatoms. The summed E-state index contributed by atoms with van der Waals surface area (Å²) >= 11 is 0. The Kier molecular flexibility index (Phi) is 0.438. The van der Waals surface area contributed by atoms with Crippen LogP contribution in [0.25, 0.3) is 0 Å². The number of rotatable bonds is 0. The van der Waals surface area contributed by atoms with E-state index >= 15 is 0 Å². The second-order valence-corrected chi connectivity index (χ2v) is 2.13. The minimum atomic E-state index is 0.656. The first-order valence-corrected chi connectivity index (χ1v) is 2.63. The summed E-state index contributed by atoms with van der Waals surface area (Å²) < 4.78 is 0. The number of allylic oxidation sites excluding steroid dienone is 2. The average molecular weight is 90.1 g/mol. The summed E-state index contributed by atoms with van der Waals surface area (Å²) in [6, 6.07) is 0. The van der Waals surface area contributed by atoms with Crippen molar-refractivity contribution in [3.05, 3.63) is 11.6 Å². The second kappa shape index (κ2) is 0.924. The molecule has 3 aliphatic carbocycles. The van der Waals surface area contributed by atoms with Crippen LogP contribution in [0.2, 0.25) is 0 Å². The van der Waals surface area contributed by atoms with E-state index in [9.17, 15) is 0 Å². The minimum absolute atomic E-state index is 0.656. The maximum absolute atomic E-state index is 3.12. The van der Waals surface area contributed by atoms with Crippen molar-refractivity contribution in [2.24, 2.45) is 5.92 Å². The molecular formula is C7H6. The molecule has 0 aromatic carbocycles. The number of fused-ring (bicyclic) bond motifs is 1. The number of hydrogen-bond donors (Lipinski definition) is 0. The van der Waals surface area contributed by atoms with E-state index in [1.54, 1.807) is 5.57 Å². The van der Waals surface area contributed by atoms with Crippen LogP contribution in [0.1, 0.15) is 12.8 Å². The summed E-state index contributed by atoms with van der Waals surface area (Å²) in [6.07, 6.45) is 4.60. The van der Waals surface area contributed by atoms with Crippen molar-refractivity contribution in [3.63, 3.8) is 0 Å². The molecule has 1 unspecified atom stereocenters. The van der Waals surface area contributed by atoms with Crippen LogP contribution in [-0.2, 0) is 0 Å². The maximum atomic E-state index is 3.12. The molecule has 7 heavy (non-hydrogen) atoms. The average Bonchev–Trinajstić information content (AvgIpc) is 1.67. The molecule has 0 saturated carbocycles. The highest BCUT2D eigenvalue weighted by atomic mass is 14.2. The van der Waals surface area contributed by atoms with Gasteiger partial charge in [0.1, 0.15) is 0 Å². The van der Waals surface area contributed by atoms with Crippen LogP contribution < -0.4 is 0 Å². The Hall–Kier alpha value is -0.700. The van der Waals surface area contributed by atoms with Gasteiger partial charge in [0, 0.05) is 12.3 Å². The fourth-order valence-electron chi connectivity index (χ4n) is 1.05. The summed E-state index contributed by atoms with van der Waals surface area (Å²) in [5.41, 5.74) is 1.56. The third-order valence-electron chi connectivity index (χ3n) is 1.52. The molecule has 0 radical (unpaired) electrons. The van der Waals surface area contributed by atoms with Crippen molar-refractivity contribution in [2.75, 3.05) is 0 Å². The van der Waals surface area contributed by atoms with E-state index in [4.69, 9.17) is 0 Å². The largest absolute Gasteiger partial charge is 0.0982 e. The molecule has 0 N–H and O–H groups in total. The smallest absolute Gasteiger partial charge is 0.0423 e. The van der Waals surface area contributed by atoms with Crippen LogP contribution in [0, 0.1) is 17.8 Å². The molecule has 1 atom stereocenters. The quantitative estimate of drug-likeness (QED) is 0.311. The first-order chi connectivity index (χ1) is 3.45. The van der Waals surface area contributed by atoms with Gasteiger partial charge in [0.05, 0.1) is 0 Å². The molecule has 34 valence electrons. The van der Waals surface area contributed by atoms with Crippen LogP contribution >= 0.6 is 0 Å². The zero-order valence-corrected chi connectivity index (χ0v) is 4.07. The van der Waals surface area contributed by atoms with E-state index in [0.717, 1.165) is 6.42 Å². The molecule has 0 aliphatic heterocycles. The van der Waals surface area contributed by atoms with Gasteiger partial charge in [-0.05, 0) is 6.42 Å². The van der Waals surface area contributed by atoms with E-state index in [0.29, 0.717) is 5.92 Å². The Bertz CT molecular complexity index is 176. The molecular weight excluding hydrogens is 84.1 g/mol. The summed E-state index contributed by atoms with van der Waals surface area (Å²) in [6.45, 7) is 0. The molecule has 0 saturated heterocycles. The van der Waals surface area contributed by atoms with Crippen LogP contribution in [0.3, 0.4) is 0 Å². The van der Waals surface area contributed by atoms with Crippen molar-refractivity contribution in [1.29, 1.82) is 0 Å². The molecule has 0 fully saturated rings. The van der Waals surface area contributed by atoms with Crippen LogP contribution in [0.5, 0.6) is 0 Å².